The van der Waals surface area contributed by atoms with Crippen LogP contribution < -0.4 is 10.6 Å². The maximum absolute atomic E-state index is 11.4. The summed E-state index contributed by atoms with van der Waals surface area (Å²) in [5, 5.41) is 0.683. The number of rotatable bonds is 1. The van der Waals surface area contributed by atoms with Gasteiger partial charge in [0.1, 0.15) is 0 Å². The summed E-state index contributed by atoms with van der Waals surface area (Å²) in [6.07, 6.45) is 0. The molecule has 0 aliphatic carbocycles. The molecule has 1 aromatic rings. The van der Waals surface area contributed by atoms with Gasteiger partial charge in [0.15, 0.2) is 0 Å². The monoisotopic (exact) mass is 267 g/mol. The molecule has 96 valence electrons. The van der Waals surface area contributed by atoms with E-state index in [0.29, 0.717) is 31.2 Å². The van der Waals surface area contributed by atoms with Gasteiger partial charge in [0.2, 0.25) is 0 Å². The molecule has 0 aromatic heterocycles. The molecule has 0 unspecified atom stereocenters. The van der Waals surface area contributed by atoms with Crippen LogP contribution in [0.25, 0.3) is 0 Å². The summed E-state index contributed by atoms with van der Waals surface area (Å²) in [4.78, 5) is 25.8. The van der Waals surface area contributed by atoms with E-state index in [1.807, 2.05) is 24.3 Å². The number of nitrogens with two attached hydrogens (primary N) is 1. The van der Waals surface area contributed by atoms with Gasteiger partial charge in [-0.2, -0.15) is 0 Å². The number of piperazine rings is 1. The number of nitrogens with zero attached hydrogens (tertiary/aromatic N) is 2. The van der Waals surface area contributed by atoms with Crippen LogP contribution in [-0.2, 0) is 9.59 Å². The third-order valence-electron chi connectivity index (χ3n) is 2.95. The van der Waals surface area contributed by atoms with Gasteiger partial charge in [-0.3, -0.25) is 9.59 Å². The minimum Gasteiger partial charge on any atom is -0.368 e. The molecule has 1 heterocycles. The van der Waals surface area contributed by atoms with Gasteiger partial charge in [-0.15, -0.1) is 0 Å². The van der Waals surface area contributed by atoms with Crippen molar-refractivity contribution in [3.8, 4) is 0 Å². The highest BCUT2D eigenvalue weighted by molar-refractivity contribution is 6.34. The van der Waals surface area contributed by atoms with E-state index in [1.54, 1.807) is 0 Å². The second-order valence-corrected chi connectivity index (χ2v) is 4.56. The first-order valence-electron chi connectivity index (χ1n) is 5.67. The number of benzene rings is 1. The third-order valence-corrected chi connectivity index (χ3v) is 3.19. The predicted molar refractivity (Wildman–Crippen MR) is 69.4 cm³/mol. The van der Waals surface area contributed by atoms with Gasteiger partial charge in [-0.1, -0.05) is 17.7 Å². The summed E-state index contributed by atoms with van der Waals surface area (Å²) in [5.41, 5.74) is 5.99. The first kappa shape index (κ1) is 12.7. The van der Waals surface area contributed by atoms with Crippen LogP contribution in [0, 0.1) is 0 Å². The fourth-order valence-corrected chi connectivity index (χ4v) is 2.18. The van der Waals surface area contributed by atoms with Crippen LogP contribution in [0.2, 0.25) is 5.02 Å². The van der Waals surface area contributed by atoms with Crippen molar-refractivity contribution >= 4 is 29.1 Å². The topological polar surface area (TPSA) is 66.6 Å². The third kappa shape index (κ3) is 2.73. The average molecular weight is 268 g/mol. The maximum Gasteiger partial charge on any atom is 0.311 e. The van der Waals surface area contributed by atoms with Gasteiger partial charge in [-0.05, 0) is 18.2 Å². The van der Waals surface area contributed by atoms with Crippen molar-refractivity contribution in [2.24, 2.45) is 5.73 Å². The van der Waals surface area contributed by atoms with Gasteiger partial charge in [0, 0.05) is 36.9 Å². The van der Waals surface area contributed by atoms with Gasteiger partial charge in [0.05, 0.1) is 0 Å². The van der Waals surface area contributed by atoms with Gasteiger partial charge < -0.3 is 15.5 Å². The zero-order valence-electron chi connectivity index (χ0n) is 9.80. The smallest absolute Gasteiger partial charge is 0.311 e. The molecule has 0 saturated carbocycles. The largest absolute Gasteiger partial charge is 0.368 e. The fourth-order valence-electron chi connectivity index (χ4n) is 2.00. The predicted octanol–water partition coefficient (Wildman–Crippen LogP) is 0.474. The molecule has 2 rings (SSSR count). The Morgan fingerprint density at radius 2 is 1.83 bits per heavy atom. The number of carbonyl (C=O) groups is 2. The SMILES string of the molecule is NC(=O)C(=O)N1CCN(c2cccc(Cl)c2)CC1. The summed E-state index contributed by atoms with van der Waals surface area (Å²) in [6, 6.07) is 7.56. The molecule has 0 spiro atoms. The lowest BCUT2D eigenvalue weighted by Crippen LogP contribution is -2.51. The Bertz CT molecular complexity index is 470. The first-order chi connectivity index (χ1) is 8.58. The summed E-state index contributed by atoms with van der Waals surface area (Å²) >= 11 is 5.93. The van der Waals surface area contributed by atoms with Crippen LogP contribution in [0.5, 0.6) is 0 Å². The Labute approximate surface area is 110 Å². The van der Waals surface area contributed by atoms with Gasteiger partial charge in [-0.25, -0.2) is 0 Å². The minimum atomic E-state index is -0.897. The number of anilines is 1. The van der Waals surface area contributed by atoms with Crippen molar-refractivity contribution in [1.29, 1.82) is 0 Å². The van der Waals surface area contributed by atoms with E-state index >= 15 is 0 Å². The molecule has 0 radical (unpaired) electrons. The molecule has 0 bridgehead atoms. The Kier molecular flexibility index (Phi) is 3.72. The number of primary amides is 1. The minimum absolute atomic E-state index is 0.494. The van der Waals surface area contributed by atoms with E-state index in [0.717, 1.165) is 5.69 Å². The summed E-state index contributed by atoms with van der Waals surface area (Å²) < 4.78 is 0. The van der Waals surface area contributed by atoms with E-state index in [-0.39, 0.29) is 0 Å². The number of carbonyl (C=O) groups excluding carboxylic acids is 2. The number of amides is 2. The molecule has 2 N–H and O–H groups in total. The van der Waals surface area contributed by atoms with Crippen molar-refractivity contribution in [2.75, 3.05) is 31.1 Å². The van der Waals surface area contributed by atoms with Crippen molar-refractivity contribution in [1.82, 2.24) is 4.90 Å². The highest BCUT2D eigenvalue weighted by Crippen LogP contribution is 2.20. The van der Waals surface area contributed by atoms with Crippen LogP contribution in [0.3, 0.4) is 0 Å². The molecule has 5 nitrogen and oxygen atoms in total. The quantitative estimate of drug-likeness (QED) is 0.753. The highest BCUT2D eigenvalue weighted by atomic mass is 35.5. The Balaban J connectivity index is 1.98. The summed E-state index contributed by atoms with van der Waals surface area (Å²) in [5.74, 6) is -1.51. The zero-order valence-corrected chi connectivity index (χ0v) is 10.6. The number of hydrogen-bond donors (Lipinski definition) is 1. The molecule has 6 heteroatoms. The van der Waals surface area contributed by atoms with Crippen LogP contribution in [0.4, 0.5) is 5.69 Å². The van der Waals surface area contributed by atoms with E-state index in [4.69, 9.17) is 17.3 Å². The first-order valence-corrected chi connectivity index (χ1v) is 6.05. The molecule has 18 heavy (non-hydrogen) atoms. The van der Waals surface area contributed by atoms with Gasteiger partial charge >= 0.3 is 11.8 Å². The van der Waals surface area contributed by atoms with Crippen LogP contribution in [0.1, 0.15) is 0 Å². The van der Waals surface area contributed by atoms with Crippen molar-refractivity contribution < 1.29 is 9.59 Å². The number of hydrogen-bond acceptors (Lipinski definition) is 3. The standard InChI is InChI=1S/C12H14ClN3O2/c13-9-2-1-3-10(8-9)15-4-6-16(7-5-15)12(18)11(14)17/h1-3,8H,4-7H2,(H2,14,17). The van der Waals surface area contributed by atoms with Gasteiger partial charge in [0.25, 0.3) is 0 Å². The van der Waals surface area contributed by atoms with E-state index < -0.39 is 11.8 Å². The molecular weight excluding hydrogens is 254 g/mol. The fraction of sp³-hybridized carbons (Fsp3) is 0.333. The van der Waals surface area contributed by atoms with Crippen molar-refractivity contribution in [3.63, 3.8) is 0 Å². The lowest BCUT2D eigenvalue weighted by molar-refractivity contribution is -0.144. The lowest BCUT2D eigenvalue weighted by Gasteiger charge is -2.35. The normalized spacial score (nSPS) is 15.6. The van der Waals surface area contributed by atoms with E-state index in [2.05, 4.69) is 4.90 Å². The maximum atomic E-state index is 11.4. The summed E-state index contributed by atoms with van der Waals surface area (Å²) in [7, 11) is 0. The average Bonchev–Trinajstić information content (AvgIpc) is 2.38. The van der Waals surface area contributed by atoms with Crippen LogP contribution >= 0.6 is 11.6 Å². The van der Waals surface area contributed by atoms with Crippen LogP contribution in [-0.4, -0.2) is 42.9 Å². The zero-order chi connectivity index (χ0) is 13.1. The summed E-state index contributed by atoms with van der Waals surface area (Å²) in [6.45, 7) is 2.32. The molecule has 1 fully saturated rings. The molecule has 1 aliphatic heterocycles. The van der Waals surface area contributed by atoms with E-state index in [1.165, 1.54) is 4.90 Å². The van der Waals surface area contributed by atoms with Crippen molar-refractivity contribution in [2.45, 2.75) is 0 Å². The Morgan fingerprint density at radius 1 is 1.17 bits per heavy atom. The molecule has 2 amide bonds. The van der Waals surface area contributed by atoms with E-state index in [9.17, 15) is 9.59 Å². The second kappa shape index (κ2) is 5.27. The molecule has 1 aromatic carbocycles. The highest BCUT2D eigenvalue weighted by Gasteiger charge is 2.24. The molecule has 1 saturated heterocycles. The molecular formula is C12H14ClN3O2. The van der Waals surface area contributed by atoms with Crippen molar-refractivity contribution in [3.05, 3.63) is 29.3 Å². The molecule has 1 aliphatic rings. The second-order valence-electron chi connectivity index (χ2n) is 4.12. The lowest BCUT2D eigenvalue weighted by atomic mass is 10.2. The Hall–Kier alpha value is -1.75. The molecule has 0 atom stereocenters. The number of halogens is 1. The Morgan fingerprint density at radius 3 is 2.39 bits per heavy atom. The van der Waals surface area contributed by atoms with Crippen LogP contribution in [0.15, 0.2) is 24.3 Å².